The Labute approximate surface area is 200 Å². The molecule has 0 aliphatic carbocycles. The van der Waals surface area contributed by atoms with Crippen molar-refractivity contribution < 1.29 is 27.6 Å². The van der Waals surface area contributed by atoms with Gasteiger partial charge in [0, 0.05) is 34.6 Å². The average Bonchev–Trinajstić information content (AvgIpc) is 3.21. The molecule has 0 N–H and O–H groups in total. The maximum Gasteiger partial charge on any atom is 0.338 e. The highest BCUT2D eigenvalue weighted by molar-refractivity contribution is 7.93. The van der Waals surface area contributed by atoms with Gasteiger partial charge < -0.3 is 14.0 Å². The molecular formula is C23H22N3O6S2. The highest BCUT2D eigenvalue weighted by Crippen LogP contribution is 2.32. The van der Waals surface area contributed by atoms with E-state index in [1.54, 1.807) is 32.4 Å². The average molecular weight is 501 g/mol. The van der Waals surface area contributed by atoms with E-state index in [9.17, 15) is 18.1 Å². The number of hydrogen-bond donors (Lipinski definition) is 0. The third-order valence-electron chi connectivity index (χ3n) is 5.37. The van der Waals surface area contributed by atoms with Gasteiger partial charge in [-0.3, -0.25) is 10.1 Å². The van der Waals surface area contributed by atoms with Crippen molar-refractivity contribution in [2.24, 2.45) is 0 Å². The summed E-state index contributed by atoms with van der Waals surface area (Å²) in [7, 11) is -1.24. The Morgan fingerprint density at radius 1 is 1.06 bits per heavy atom. The van der Waals surface area contributed by atoms with Crippen molar-refractivity contribution in [1.29, 1.82) is 0 Å². The van der Waals surface area contributed by atoms with Crippen molar-refractivity contribution in [3.8, 4) is 17.2 Å². The van der Waals surface area contributed by atoms with Crippen LogP contribution in [-0.2, 0) is 32.1 Å². The highest BCUT2D eigenvalue weighted by atomic mass is 32.2. The Bertz CT molecular complexity index is 1470. The Kier molecular flexibility index (Phi) is 6.43. The lowest BCUT2D eigenvalue weighted by Gasteiger charge is -2.15. The predicted octanol–water partition coefficient (Wildman–Crippen LogP) is 3.75. The Morgan fingerprint density at radius 2 is 1.76 bits per heavy atom. The summed E-state index contributed by atoms with van der Waals surface area (Å²) in [6, 6.07) is 9.51. The van der Waals surface area contributed by atoms with Crippen LogP contribution in [0.5, 0.6) is 17.2 Å². The van der Waals surface area contributed by atoms with E-state index in [2.05, 4.69) is 9.97 Å². The van der Waals surface area contributed by atoms with E-state index in [4.69, 9.17) is 9.47 Å². The van der Waals surface area contributed by atoms with Gasteiger partial charge in [0.2, 0.25) is 0 Å². The molecule has 177 valence electrons. The van der Waals surface area contributed by atoms with E-state index < -0.39 is 21.2 Å². The predicted molar refractivity (Wildman–Crippen MR) is 126 cm³/mol. The molecular weight excluding hydrogens is 478 g/mol. The Balaban J connectivity index is 1.88. The third-order valence-corrected chi connectivity index (χ3v) is 8.42. The molecule has 0 saturated heterocycles. The topological polar surface area (TPSA) is 126 Å². The SMILES string of the molecule is COc1ccc2nc([S@@+]([O-])Cc3ncc(C)c(OC)c3C)n(S(=O)(=O)c3ccc([O])cc3)c2c1. The second-order valence-corrected chi connectivity index (χ2v) is 10.7. The number of ether oxygens (including phenoxy) is 2. The van der Waals surface area contributed by atoms with Gasteiger partial charge in [-0.1, -0.05) is 0 Å². The first kappa shape index (κ1) is 23.9. The van der Waals surface area contributed by atoms with E-state index >= 15 is 0 Å². The van der Waals surface area contributed by atoms with Crippen molar-refractivity contribution in [2.75, 3.05) is 14.2 Å². The fourth-order valence-electron chi connectivity index (χ4n) is 3.64. The smallest absolute Gasteiger partial charge is 0.338 e. The number of fused-ring (bicyclic) bond motifs is 1. The first-order chi connectivity index (χ1) is 16.2. The zero-order chi connectivity index (χ0) is 24.6. The summed E-state index contributed by atoms with van der Waals surface area (Å²) in [6.45, 7) is 3.66. The van der Waals surface area contributed by atoms with Crippen molar-refractivity contribution in [3.05, 3.63) is 65.5 Å². The van der Waals surface area contributed by atoms with E-state index in [1.165, 1.54) is 25.3 Å². The summed E-state index contributed by atoms with van der Waals surface area (Å²) >= 11 is -1.89. The molecule has 0 amide bonds. The number of hydrogen-bond acceptors (Lipinski definition) is 7. The van der Waals surface area contributed by atoms with Crippen LogP contribution < -0.4 is 9.47 Å². The minimum Gasteiger partial charge on any atom is -0.609 e. The van der Waals surface area contributed by atoms with Gasteiger partial charge in [0.15, 0.2) is 11.5 Å². The molecule has 0 spiro atoms. The van der Waals surface area contributed by atoms with Crippen LogP contribution in [-0.4, -0.2) is 41.1 Å². The number of pyridine rings is 1. The number of nitrogens with zero attached hydrogens (tertiary/aromatic N) is 3. The number of aryl methyl sites for hydroxylation is 1. The van der Waals surface area contributed by atoms with Crippen molar-refractivity contribution >= 4 is 32.2 Å². The lowest BCUT2D eigenvalue weighted by molar-refractivity contribution is 0.354. The van der Waals surface area contributed by atoms with Crippen molar-refractivity contribution in [2.45, 2.75) is 29.7 Å². The van der Waals surface area contributed by atoms with Crippen molar-refractivity contribution in [3.63, 3.8) is 0 Å². The Morgan fingerprint density at radius 3 is 2.41 bits per heavy atom. The van der Waals surface area contributed by atoms with E-state index in [0.29, 0.717) is 28.3 Å². The van der Waals surface area contributed by atoms with E-state index in [0.717, 1.165) is 21.7 Å². The first-order valence-electron chi connectivity index (χ1n) is 10.1. The van der Waals surface area contributed by atoms with Gasteiger partial charge in [-0.2, -0.15) is 8.96 Å². The molecule has 2 heterocycles. The summed E-state index contributed by atoms with van der Waals surface area (Å²) in [5.74, 6) is 0.648. The van der Waals surface area contributed by atoms with Gasteiger partial charge in [-0.15, -0.1) is 0 Å². The summed E-state index contributed by atoms with van der Waals surface area (Å²) in [5.41, 5.74) is 2.59. The summed E-state index contributed by atoms with van der Waals surface area (Å²) in [6.07, 6.45) is 1.62. The molecule has 0 unspecified atom stereocenters. The van der Waals surface area contributed by atoms with Crippen LogP contribution in [0.3, 0.4) is 0 Å². The Hall–Kier alpha value is -3.28. The van der Waals surface area contributed by atoms with Crippen LogP contribution in [0.15, 0.2) is 58.7 Å². The molecule has 1 radical (unpaired) electrons. The van der Waals surface area contributed by atoms with Crippen LogP contribution in [0.25, 0.3) is 11.0 Å². The minimum absolute atomic E-state index is 0.0715. The van der Waals surface area contributed by atoms with Crippen LogP contribution in [0.4, 0.5) is 0 Å². The standard InChI is InChI=1S/C23H22N3O6S2/c1-14-12-24-20(15(2)22(14)32-4)13-33(28)23-25-19-10-7-17(31-3)11-21(19)26(23)34(29,30)18-8-5-16(27)6-9-18/h5-12H,13H2,1-4H3/t33-/m0/s1. The molecule has 2 aromatic carbocycles. The molecule has 0 saturated carbocycles. The van der Waals surface area contributed by atoms with E-state index in [-0.39, 0.29) is 27.1 Å². The van der Waals surface area contributed by atoms with Gasteiger partial charge in [-0.05, 0) is 50.2 Å². The summed E-state index contributed by atoms with van der Waals surface area (Å²) < 4.78 is 52.4. The fraction of sp³-hybridized carbons (Fsp3) is 0.217. The van der Waals surface area contributed by atoms with Crippen LogP contribution in [0.2, 0.25) is 0 Å². The molecule has 4 rings (SSSR count). The van der Waals surface area contributed by atoms with Crippen LogP contribution >= 0.6 is 0 Å². The van der Waals surface area contributed by atoms with Gasteiger partial charge in [0.25, 0.3) is 10.0 Å². The zero-order valence-electron chi connectivity index (χ0n) is 18.9. The number of imidazole rings is 1. The molecule has 4 aromatic rings. The molecule has 0 bridgehead atoms. The monoisotopic (exact) mass is 500 g/mol. The molecule has 9 nitrogen and oxygen atoms in total. The maximum atomic E-state index is 13.6. The fourth-order valence-corrected chi connectivity index (χ4v) is 6.68. The maximum absolute atomic E-state index is 13.6. The largest absolute Gasteiger partial charge is 0.609 e. The second-order valence-electron chi connectivity index (χ2n) is 7.53. The molecule has 0 aliphatic heterocycles. The quantitative estimate of drug-likeness (QED) is 0.354. The first-order valence-corrected chi connectivity index (χ1v) is 12.9. The summed E-state index contributed by atoms with van der Waals surface area (Å²) in [5, 5.41) is 11.4. The number of methoxy groups -OCH3 is 2. The van der Waals surface area contributed by atoms with Gasteiger partial charge in [0.1, 0.15) is 11.5 Å². The second kappa shape index (κ2) is 9.16. The lowest BCUT2D eigenvalue weighted by atomic mass is 10.1. The van der Waals surface area contributed by atoms with Crippen LogP contribution in [0, 0.1) is 13.8 Å². The molecule has 2 aromatic heterocycles. The molecule has 11 heteroatoms. The minimum atomic E-state index is -4.24. The zero-order valence-corrected chi connectivity index (χ0v) is 20.6. The number of aromatic nitrogens is 3. The molecule has 1 atom stereocenters. The molecule has 34 heavy (non-hydrogen) atoms. The lowest BCUT2D eigenvalue weighted by Crippen LogP contribution is -2.20. The normalized spacial score (nSPS) is 12.6. The van der Waals surface area contributed by atoms with Gasteiger partial charge in [0.05, 0.1) is 35.8 Å². The van der Waals surface area contributed by atoms with Crippen LogP contribution in [0.1, 0.15) is 16.8 Å². The molecule has 0 fully saturated rings. The number of benzene rings is 2. The van der Waals surface area contributed by atoms with Crippen molar-refractivity contribution in [1.82, 2.24) is 13.9 Å². The van der Waals surface area contributed by atoms with E-state index in [1.807, 2.05) is 6.92 Å². The number of rotatable bonds is 7. The summed E-state index contributed by atoms with van der Waals surface area (Å²) in [4.78, 5) is 8.64. The molecule has 0 aliphatic rings. The van der Waals surface area contributed by atoms with Gasteiger partial charge >= 0.3 is 5.16 Å². The third kappa shape index (κ3) is 4.17. The highest BCUT2D eigenvalue weighted by Gasteiger charge is 2.32. The van der Waals surface area contributed by atoms with Gasteiger partial charge in [-0.25, -0.2) is 8.42 Å².